The molecule has 0 atom stereocenters. The van der Waals surface area contributed by atoms with Crippen LogP contribution in [0.3, 0.4) is 0 Å². The van der Waals surface area contributed by atoms with Gasteiger partial charge in [0.05, 0.1) is 6.61 Å². The molecule has 1 rings (SSSR count). The van der Waals surface area contributed by atoms with Gasteiger partial charge in [-0.1, -0.05) is 6.08 Å². The zero-order valence-corrected chi connectivity index (χ0v) is 10.5. The van der Waals surface area contributed by atoms with Gasteiger partial charge in [-0.25, -0.2) is 0 Å². The Bertz CT molecular complexity index is 370. The fourth-order valence-electron chi connectivity index (χ4n) is 1.59. The zero-order chi connectivity index (χ0) is 12.7. The summed E-state index contributed by atoms with van der Waals surface area (Å²) >= 11 is 0. The number of hydrogen-bond donors (Lipinski definition) is 0. The quantitative estimate of drug-likeness (QED) is 0.535. The molecule has 3 nitrogen and oxygen atoms in total. The summed E-state index contributed by atoms with van der Waals surface area (Å²) in [5, 5.41) is 0. The van der Waals surface area contributed by atoms with Crippen LogP contribution < -0.4 is 4.90 Å². The van der Waals surface area contributed by atoms with E-state index < -0.39 is 0 Å². The molecule has 1 aromatic rings. The molecule has 0 radical (unpaired) electrons. The fraction of sp³-hybridized carbons (Fsp3) is 0.357. The first-order valence-electron chi connectivity index (χ1n) is 5.64. The van der Waals surface area contributed by atoms with E-state index in [4.69, 9.17) is 4.74 Å². The van der Waals surface area contributed by atoms with Crippen LogP contribution in [0.4, 0.5) is 5.69 Å². The van der Waals surface area contributed by atoms with Crippen LogP contribution in [0.25, 0.3) is 0 Å². The van der Waals surface area contributed by atoms with Crippen LogP contribution in [0.1, 0.15) is 17.3 Å². The van der Waals surface area contributed by atoms with E-state index in [1.165, 1.54) is 0 Å². The van der Waals surface area contributed by atoms with Crippen molar-refractivity contribution in [3.8, 4) is 0 Å². The molecular formula is C14H19NO2. The van der Waals surface area contributed by atoms with Crippen molar-refractivity contribution in [3.63, 3.8) is 0 Å². The van der Waals surface area contributed by atoms with Gasteiger partial charge >= 0.3 is 0 Å². The van der Waals surface area contributed by atoms with Crippen molar-refractivity contribution in [1.29, 1.82) is 0 Å². The minimum atomic E-state index is 0.0868. The van der Waals surface area contributed by atoms with E-state index in [2.05, 4.69) is 11.5 Å². The Morgan fingerprint density at radius 2 is 2.06 bits per heavy atom. The molecular weight excluding hydrogens is 214 g/mol. The van der Waals surface area contributed by atoms with E-state index in [0.717, 1.165) is 24.3 Å². The van der Waals surface area contributed by atoms with E-state index in [1.807, 2.05) is 30.3 Å². The molecule has 0 N–H and O–H groups in total. The lowest BCUT2D eigenvalue weighted by Crippen LogP contribution is -2.27. The maximum Gasteiger partial charge on any atom is 0.159 e. The van der Waals surface area contributed by atoms with E-state index in [0.29, 0.717) is 6.61 Å². The zero-order valence-electron chi connectivity index (χ0n) is 10.5. The third-order valence-corrected chi connectivity index (χ3v) is 2.55. The number of benzene rings is 1. The van der Waals surface area contributed by atoms with Gasteiger partial charge in [-0.15, -0.1) is 6.58 Å². The number of methoxy groups -OCH3 is 1. The second-order valence-corrected chi connectivity index (χ2v) is 3.83. The maximum atomic E-state index is 11.2. The van der Waals surface area contributed by atoms with Crippen molar-refractivity contribution in [2.24, 2.45) is 0 Å². The predicted molar refractivity (Wildman–Crippen MR) is 70.7 cm³/mol. The molecule has 0 unspecified atom stereocenters. The normalized spacial score (nSPS) is 10.0. The van der Waals surface area contributed by atoms with Crippen molar-refractivity contribution in [2.45, 2.75) is 6.92 Å². The van der Waals surface area contributed by atoms with Crippen molar-refractivity contribution in [2.75, 3.05) is 31.7 Å². The lowest BCUT2D eigenvalue weighted by molar-refractivity contribution is 0.101. The summed E-state index contributed by atoms with van der Waals surface area (Å²) in [4.78, 5) is 13.3. The van der Waals surface area contributed by atoms with Crippen LogP contribution in [0, 0.1) is 0 Å². The number of anilines is 1. The van der Waals surface area contributed by atoms with Gasteiger partial charge < -0.3 is 9.64 Å². The van der Waals surface area contributed by atoms with E-state index in [1.54, 1.807) is 14.0 Å². The van der Waals surface area contributed by atoms with E-state index in [-0.39, 0.29) is 5.78 Å². The standard InChI is InChI=1S/C14H19NO2/c1-4-9-15(10-11-17-3)14-7-5-13(6-8-14)12(2)16/h4-8H,1,9-11H2,2-3H3. The van der Waals surface area contributed by atoms with Crippen LogP contribution in [-0.4, -0.2) is 32.6 Å². The molecule has 0 saturated heterocycles. The Morgan fingerprint density at radius 3 is 2.53 bits per heavy atom. The van der Waals surface area contributed by atoms with Gasteiger partial charge in [0.25, 0.3) is 0 Å². The summed E-state index contributed by atoms with van der Waals surface area (Å²) in [7, 11) is 1.69. The second-order valence-electron chi connectivity index (χ2n) is 3.83. The highest BCUT2D eigenvalue weighted by molar-refractivity contribution is 5.94. The summed E-state index contributed by atoms with van der Waals surface area (Å²) in [6.07, 6.45) is 1.86. The molecule has 0 aromatic heterocycles. The molecule has 92 valence electrons. The van der Waals surface area contributed by atoms with Crippen molar-refractivity contribution >= 4 is 11.5 Å². The van der Waals surface area contributed by atoms with Gasteiger partial charge in [-0.2, -0.15) is 0 Å². The van der Waals surface area contributed by atoms with Crippen molar-refractivity contribution < 1.29 is 9.53 Å². The average molecular weight is 233 g/mol. The molecule has 0 fully saturated rings. The Labute approximate surface area is 103 Å². The number of nitrogens with zero attached hydrogens (tertiary/aromatic N) is 1. The van der Waals surface area contributed by atoms with Crippen molar-refractivity contribution in [1.82, 2.24) is 0 Å². The molecule has 0 spiro atoms. The van der Waals surface area contributed by atoms with Crippen LogP contribution in [0.2, 0.25) is 0 Å². The highest BCUT2D eigenvalue weighted by Gasteiger charge is 2.05. The van der Waals surface area contributed by atoms with Crippen molar-refractivity contribution in [3.05, 3.63) is 42.5 Å². The number of carbonyl (C=O) groups is 1. The number of Topliss-reactive ketones (excluding diaryl/α,β-unsaturated/α-hetero) is 1. The Hall–Kier alpha value is -1.61. The van der Waals surface area contributed by atoms with Gasteiger partial charge in [0.2, 0.25) is 0 Å². The number of rotatable bonds is 7. The molecule has 0 heterocycles. The first-order valence-corrected chi connectivity index (χ1v) is 5.64. The predicted octanol–water partition coefficient (Wildman–Crippen LogP) is 2.53. The molecule has 0 amide bonds. The highest BCUT2D eigenvalue weighted by atomic mass is 16.5. The first-order chi connectivity index (χ1) is 8.19. The van der Waals surface area contributed by atoms with Gasteiger partial charge in [0, 0.05) is 31.5 Å². The fourth-order valence-corrected chi connectivity index (χ4v) is 1.59. The third kappa shape index (κ3) is 4.04. The van der Waals surface area contributed by atoms with Gasteiger partial charge in [-0.3, -0.25) is 4.79 Å². The average Bonchev–Trinajstić information content (AvgIpc) is 2.34. The molecule has 0 aliphatic carbocycles. The lowest BCUT2D eigenvalue weighted by atomic mass is 10.1. The summed E-state index contributed by atoms with van der Waals surface area (Å²) in [5.41, 5.74) is 1.81. The van der Waals surface area contributed by atoms with Crippen LogP contribution in [-0.2, 0) is 4.74 Å². The molecule has 0 bridgehead atoms. The number of ketones is 1. The summed E-state index contributed by atoms with van der Waals surface area (Å²) < 4.78 is 5.07. The van der Waals surface area contributed by atoms with Gasteiger partial charge in [0.15, 0.2) is 5.78 Å². The molecule has 3 heteroatoms. The Morgan fingerprint density at radius 1 is 1.41 bits per heavy atom. The maximum absolute atomic E-state index is 11.2. The van der Waals surface area contributed by atoms with Crippen LogP contribution in [0.15, 0.2) is 36.9 Å². The molecule has 1 aromatic carbocycles. The topological polar surface area (TPSA) is 29.5 Å². The van der Waals surface area contributed by atoms with E-state index >= 15 is 0 Å². The molecule has 0 saturated carbocycles. The molecule has 17 heavy (non-hydrogen) atoms. The Balaban J connectivity index is 2.79. The van der Waals surface area contributed by atoms with E-state index in [9.17, 15) is 4.79 Å². The summed E-state index contributed by atoms with van der Waals surface area (Å²) in [6, 6.07) is 7.60. The van der Waals surface area contributed by atoms with Crippen LogP contribution >= 0.6 is 0 Å². The Kier molecular flexibility index (Phi) is 5.43. The highest BCUT2D eigenvalue weighted by Crippen LogP contribution is 2.15. The summed E-state index contributed by atoms with van der Waals surface area (Å²) in [5.74, 6) is 0.0868. The monoisotopic (exact) mass is 233 g/mol. The van der Waals surface area contributed by atoms with Gasteiger partial charge in [-0.05, 0) is 31.2 Å². The minimum Gasteiger partial charge on any atom is -0.383 e. The third-order valence-electron chi connectivity index (χ3n) is 2.55. The smallest absolute Gasteiger partial charge is 0.159 e. The SMILES string of the molecule is C=CCN(CCOC)c1ccc(C(C)=O)cc1. The molecule has 0 aliphatic rings. The van der Waals surface area contributed by atoms with Crippen LogP contribution in [0.5, 0.6) is 0 Å². The summed E-state index contributed by atoms with van der Waals surface area (Å²) in [6.45, 7) is 7.56. The lowest BCUT2D eigenvalue weighted by Gasteiger charge is -2.23. The first kappa shape index (κ1) is 13.5. The minimum absolute atomic E-state index is 0.0868. The van der Waals surface area contributed by atoms with Gasteiger partial charge in [0.1, 0.15) is 0 Å². The second kappa shape index (κ2) is 6.86. The number of hydrogen-bond acceptors (Lipinski definition) is 3. The number of ether oxygens (including phenoxy) is 1. The number of carbonyl (C=O) groups excluding carboxylic acids is 1. The molecule has 0 aliphatic heterocycles. The largest absolute Gasteiger partial charge is 0.383 e.